The zero-order valence-electron chi connectivity index (χ0n) is 17.6. The fraction of sp³-hybridized carbons (Fsp3) is 0.0952. The number of fused-ring (bicyclic) bond motifs is 1. The number of methoxy groups -OCH3 is 1. The van der Waals surface area contributed by atoms with Crippen molar-refractivity contribution in [2.45, 2.75) is 0 Å². The van der Waals surface area contributed by atoms with Gasteiger partial charge >= 0.3 is 5.97 Å². The Morgan fingerprint density at radius 3 is 2.59 bits per heavy atom. The highest BCUT2D eigenvalue weighted by molar-refractivity contribution is 8.42. The minimum absolute atomic E-state index is 0.0103. The lowest BCUT2D eigenvalue weighted by Crippen LogP contribution is -2.35. The van der Waals surface area contributed by atoms with Crippen LogP contribution in [-0.4, -0.2) is 54.0 Å². The summed E-state index contributed by atoms with van der Waals surface area (Å²) in [7, 11) is -2.28. The van der Waals surface area contributed by atoms with Crippen LogP contribution in [0.15, 0.2) is 58.1 Å². The highest BCUT2D eigenvalue weighted by Crippen LogP contribution is 2.38. The number of hydrogen-bond donors (Lipinski definition) is 1. The number of halogens is 1. The molecule has 2 aromatic rings. The lowest BCUT2D eigenvalue weighted by Gasteiger charge is -2.20. The fourth-order valence-electron chi connectivity index (χ4n) is 2.94. The predicted octanol–water partition coefficient (Wildman–Crippen LogP) is 3.19. The number of benzene rings is 2. The predicted molar refractivity (Wildman–Crippen MR) is 129 cm³/mol. The molecule has 2 heterocycles. The van der Waals surface area contributed by atoms with E-state index in [2.05, 4.69) is 10.1 Å². The summed E-state index contributed by atoms with van der Waals surface area (Å²) in [5.41, 5.74) is 0.529. The first-order valence-corrected chi connectivity index (χ1v) is 12.5. The monoisotopic (exact) mass is 518 g/mol. The summed E-state index contributed by atoms with van der Waals surface area (Å²) < 4.78 is 34.0. The Labute approximate surface area is 203 Å². The summed E-state index contributed by atoms with van der Waals surface area (Å²) in [4.78, 5) is 28.8. The molecule has 0 atom stereocenters. The van der Waals surface area contributed by atoms with Crippen LogP contribution in [0.1, 0.15) is 15.9 Å². The summed E-state index contributed by atoms with van der Waals surface area (Å²) in [5.74, 6) is -1.62. The number of aliphatic imine (C=N–C) groups is 1. The van der Waals surface area contributed by atoms with Crippen molar-refractivity contribution in [2.24, 2.45) is 10.1 Å². The van der Waals surface area contributed by atoms with E-state index in [0.29, 0.717) is 22.9 Å². The summed E-state index contributed by atoms with van der Waals surface area (Å²) in [6, 6.07) is 11.2. The third-order valence-corrected chi connectivity index (χ3v) is 7.38. The zero-order valence-corrected chi connectivity index (χ0v) is 20.0. The van der Waals surface area contributed by atoms with Gasteiger partial charge < -0.3 is 9.47 Å². The summed E-state index contributed by atoms with van der Waals surface area (Å²) in [5, 5.41) is 13.2. The van der Waals surface area contributed by atoms with Crippen molar-refractivity contribution >= 4 is 66.5 Å². The molecular formula is C21H15ClN4O6S2. The van der Waals surface area contributed by atoms with Gasteiger partial charge in [-0.1, -0.05) is 29.8 Å². The van der Waals surface area contributed by atoms with Gasteiger partial charge in [-0.25, -0.2) is 13.2 Å². The minimum Gasteiger partial charge on any atom is -0.493 e. The summed E-state index contributed by atoms with van der Waals surface area (Å²) in [6.45, 7) is 0. The molecule has 0 bridgehead atoms. The number of nitrogens with one attached hydrogen (secondary N) is 1. The maximum absolute atomic E-state index is 12.5. The molecule has 34 heavy (non-hydrogen) atoms. The van der Waals surface area contributed by atoms with E-state index in [4.69, 9.17) is 26.5 Å². The largest absolute Gasteiger partial charge is 0.493 e. The first kappa shape index (κ1) is 23.7. The number of amides is 1. The number of rotatable bonds is 4. The van der Waals surface area contributed by atoms with Gasteiger partial charge in [0.25, 0.3) is 5.91 Å². The van der Waals surface area contributed by atoms with E-state index in [1.54, 1.807) is 30.3 Å². The van der Waals surface area contributed by atoms with Crippen molar-refractivity contribution in [1.29, 1.82) is 5.41 Å². The van der Waals surface area contributed by atoms with Crippen LogP contribution in [0.25, 0.3) is 6.08 Å². The van der Waals surface area contributed by atoms with Crippen LogP contribution < -0.4 is 9.47 Å². The lowest BCUT2D eigenvalue weighted by atomic mass is 10.1. The van der Waals surface area contributed by atoms with Crippen molar-refractivity contribution in [1.82, 2.24) is 5.01 Å². The van der Waals surface area contributed by atoms with Crippen LogP contribution >= 0.6 is 23.4 Å². The maximum Gasteiger partial charge on any atom is 0.343 e. The van der Waals surface area contributed by atoms with Crippen molar-refractivity contribution in [3.05, 3.63) is 64.2 Å². The number of nitrogens with zero attached hydrogens (tertiary/aromatic N) is 3. The van der Waals surface area contributed by atoms with Crippen molar-refractivity contribution < 1.29 is 27.5 Å². The van der Waals surface area contributed by atoms with E-state index in [0.717, 1.165) is 11.3 Å². The number of ether oxygens (including phenoxy) is 2. The van der Waals surface area contributed by atoms with E-state index < -0.39 is 21.7 Å². The Morgan fingerprint density at radius 1 is 1.24 bits per heavy atom. The molecule has 4 rings (SSSR count). The Hall–Kier alpha value is -3.48. The number of carbonyl (C=O) groups excluding carboxylic acids is 2. The van der Waals surface area contributed by atoms with Gasteiger partial charge in [0.2, 0.25) is 19.4 Å². The molecule has 174 valence electrons. The fourth-order valence-corrected chi connectivity index (χ4v) is 4.88. The Kier molecular flexibility index (Phi) is 6.30. The Balaban J connectivity index is 1.67. The Morgan fingerprint density at radius 2 is 1.94 bits per heavy atom. The van der Waals surface area contributed by atoms with Crippen LogP contribution in [0.3, 0.4) is 0 Å². The highest BCUT2D eigenvalue weighted by Gasteiger charge is 2.38. The quantitative estimate of drug-likeness (QED) is 0.370. The van der Waals surface area contributed by atoms with E-state index in [1.807, 2.05) is 0 Å². The second-order valence-electron chi connectivity index (χ2n) is 6.95. The minimum atomic E-state index is -3.64. The third-order valence-electron chi connectivity index (χ3n) is 4.52. The average Bonchev–Trinajstić information content (AvgIpc) is 3.23. The number of hydrogen-bond acceptors (Lipinski definition) is 9. The number of amidine groups is 2. The van der Waals surface area contributed by atoms with Crippen LogP contribution in [0.2, 0.25) is 5.02 Å². The van der Waals surface area contributed by atoms with Crippen LogP contribution in [0.4, 0.5) is 0 Å². The lowest BCUT2D eigenvalue weighted by molar-refractivity contribution is -0.114. The first-order valence-electron chi connectivity index (χ1n) is 9.43. The number of thioether (sulfide) groups is 1. The van der Waals surface area contributed by atoms with Crippen molar-refractivity contribution in [2.75, 3.05) is 13.4 Å². The van der Waals surface area contributed by atoms with Crippen LogP contribution in [-0.2, 0) is 14.6 Å². The van der Waals surface area contributed by atoms with Gasteiger partial charge in [0, 0.05) is 6.26 Å². The molecule has 2 aromatic carbocycles. The average molecular weight is 519 g/mol. The van der Waals surface area contributed by atoms with Gasteiger partial charge in [-0.05, 0) is 47.7 Å². The van der Waals surface area contributed by atoms with E-state index >= 15 is 0 Å². The molecule has 0 saturated heterocycles. The van der Waals surface area contributed by atoms with E-state index in [1.165, 1.54) is 25.3 Å². The zero-order chi connectivity index (χ0) is 24.6. The first-order chi connectivity index (χ1) is 16.1. The number of esters is 1. The van der Waals surface area contributed by atoms with E-state index in [-0.39, 0.29) is 37.5 Å². The SMILES string of the molecule is COc1cc(/C=C2/C(=N)N3N=C(S(C)(=O)=O)SC3=NC2=O)cc(Cl)c1OC(=O)c1ccccc1. The van der Waals surface area contributed by atoms with Gasteiger partial charge in [0.1, 0.15) is 0 Å². The molecule has 0 fully saturated rings. The normalized spacial score (nSPS) is 16.8. The molecule has 0 saturated carbocycles. The molecule has 0 unspecified atom stereocenters. The smallest absolute Gasteiger partial charge is 0.343 e. The topological polar surface area (TPSA) is 139 Å². The molecule has 13 heteroatoms. The standard InChI is InChI=1S/C21H15ClN4O6S2/c1-31-15-10-11(9-14(22)16(15)32-19(28)12-6-4-3-5-7-12)8-13-17(23)26-20(24-18(13)27)33-21(25-26)34(2,29)30/h3-10,23H,1-2H3/b13-8-,23-17?. The molecule has 2 aliphatic rings. The Bertz CT molecular complexity index is 1430. The molecule has 0 aromatic heterocycles. The molecule has 1 N–H and O–H groups in total. The molecule has 1 amide bonds. The van der Waals surface area contributed by atoms with E-state index in [9.17, 15) is 18.0 Å². The highest BCUT2D eigenvalue weighted by atomic mass is 35.5. The van der Waals surface area contributed by atoms with Gasteiger partial charge in [-0.2, -0.15) is 10.0 Å². The summed E-state index contributed by atoms with van der Waals surface area (Å²) >= 11 is 7.03. The number of sulfone groups is 1. The molecular weight excluding hydrogens is 504 g/mol. The van der Waals surface area contributed by atoms with Gasteiger partial charge in [-0.3, -0.25) is 10.2 Å². The van der Waals surface area contributed by atoms with Gasteiger partial charge in [0.15, 0.2) is 17.3 Å². The van der Waals surface area contributed by atoms with Crippen molar-refractivity contribution in [3.8, 4) is 11.5 Å². The molecule has 10 nitrogen and oxygen atoms in total. The molecule has 0 aliphatic carbocycles. The molecule has 2 aliphatic heterocycles. The van der Waals surface area contributed by atoms with Crippen LogP contribution in [0, 0.1) is 5.41 Å². The number of carbonyl (C=O) groups is 2. The molecule has 0 spiro atoms. The van der Waals surface area contributed by atoms with Gasteiger partial charge in [0.05, 0.1) is 23.3 Å². The van der Waals surface area contributed by atoms with Gasteiger partial charge in [-0.15, -0.1) is 5.10 Å². The summed E-state index contributed by atoms with van der Waals surface area (Å²) in [6.07, 6.45) is 2.31. The maximum atomic E-state index is 12.5. The second kappa shape index (κ2) is 9.05. The molecule has 0 radical (unpaired) electrons. The third kappa shape index (κ3) is 4.60. The van der Waals surface area contributed by atoms with Crippen LogP contribution in [0.5, 0.6) is 11.5 Å². The second-order valence-corrected chi connectivity index (χ2v) is 10.5. The number of hydrazone groups is 1. The van der Waals surface area contributed by atoms with Crippen molar-refractivity contribution in [3.63, 3.8) is 0 Å².